The van der Waals surface area contributed by atoms with Gasteiger partial charge in [-0.05, 0) is 51.0 Å². The summed E-state index contributed by atoms with van der Waals surface area (Å²) in [7, 11) is 0. The first-order valence-corrected chi connectivity index (χ1v) is 38.4. The van der Waals surface area contributed by atoms with Gasteiger partial charge < -0.3 is 0 Å². The molecule has 2 nitrogen and oxygen atoms in total. The molecule has 1 aromatic heterocycles. The molecule has 0 N–H and O–H groups in total. The van der Waals surface area contributed by atoms with Crippen LogP contribution in [-0.2, 0) is 25.7 Å². The molecule has 0 aliphatic rings. The van der Waals surface area contributed by atoms with Crippen molar-refractivity contribution in [1.29, 1.82) is 0 Å². The smallest absolute Gasteiger partial charge is 0.128 e. The van der Waals surface area contributed by atoms with Crippen LogP contribution in [0, 0.1) is 6.92 Å². The summed E-state index contributed by atoms with van der Waals surface area (Å²) in [4.78, 5) is 10.5. The molecule has 0 fully saturated rings. The van der Waals surface area contributed by atoms with Crippen LogP contribution in [0.3, 0.4) is 0 Å². The van der Waals surface area contributed by atoms with Gasteiger partial charge in [0.25, 0.3) is 0 Å². The van der Waals surface area contributed by atoms with Gasteiger partial charge in [-0.2, -0.15) is 0 Å². The van der Waals surface area contributed by atoms with Crippen LogP contribution in [0.5, 0.6) is 0 Å². The zero-order valence-corrected chi connectivity index (χ0v) is 56.1. The monoisotopic (exact) mass is 1120 g/mol. The third-order valence-electron chi connectivity index (χ3n) is 18.8. The number of nitrogens with zero attached hydrogens (tertiary/aromatic N) is 2. The Labute approximate surface area is 507 Å². The lowest BCUT2D eigenvalue weighted by molar-refractivity contribution is 0.517. The van der Waals surface area contributed by atoms with Crippen LogP contribution < -0.4 is 0 Å². The fourth-order valence-corrected chi connectivity index (χ4v) is 13.2. The Balaban J connectivity index is 2.34. The molecular weight excluding hydrogens is 965 g/mol. The van der Waals surface area contributed by atoms with Gasteiger partial charge in [0.1, 0.15) is 5.82 Å². The predicted octanol–water partition coefficient (Wildman–Crippen LogP) is 28.3. The minimum atomic E-state index is 0.721. The second-order valence-electron chi connectivity index (χ2n) is 26.8. The summed E-state index contributed by atoms with van der Waals surface area (Å²) in [6.45, 7) is 11.2. The zero-order chi connectivity index (χ0) is 57.2. The van der Waals surface area contributed by atoms with Gasteiger partial charge in [0.2, 0.25) is 0 Å². The van der Waals surface area contributed by atoms with Gasteiger partial charge in [-0.1, -0.05) is 425 Å². The molecule has 0 spiro atoms. The van der Waals surface area contributed by atoms with E-state index >= 15 is 0 Å². The standard InChI is InChI=1S/C78H151N2/c1-5-9-12-15-18-21-24-27-30-33-36-39-42-45-48-51-54-57-60-63-66-69-72-75-76(73-70-67-64-61-58-55-52-49-46-43-40-37-34-31-28-25-22-19-16-13-10-6-2)79-78(8-4)80-77(75)74-71-68-65-62-59-56-53-50-47-44-41-38-35-32-29-26-23-20-17-14-11-7-3/h4-74H2,1-3H3. The third-order valence-corrected chi connectivity index (χ3v) is 18.8. The highest BCUT2D eigenvalue weighted by Gasteiger charge is 2.14. The van der Waals surface area contributed by atoms with E-state index in [1.54, 1.807) is 5.56 Å². The molecule has 0 atom stereocenters. The molecule has 0 aliphatic carbocycles. The van der Waals surface area contributed by atoms with Crippen molar-refractivity contribution < 1.29 is 0 Å². The quantitative estimate of drug-likeness (QED) is 0.0608. The maximum Gasteiger partial charge on any atom is 0.128 e. The van der Waals surface area contributed by atoms with Crippen molar-refractivity contribution in [3.63, 3.8) is 0 Å². The van der Waals surface area contributed by atoms with E-state index in [9.17, 15) is 0 Å². The van der Waals surface area contributed by atoms with Gasteiger partial charge in [-0.25, -0.2) is 9.97 Å². The molecule has 1 rings (SSSR count). The minimum absolute atomic E-state index is 0.721. The van der Waals surface area contributed by atoms with Crippen molar-refractivity contribution in [1.82, 2.24) is 9.97 Å². The largest absolute Gasteiger partial charge is 0.238 e. The highest BCUT2D eigenvalue weighted by Crippen LogP contribution is 2.24. The molecule has 80 heavy (non-hydrogen) atoms. The third kappa shape index (κ3) is 56.2. The molecule has 0 aromatic carbocycles. The first-order chi connectivity index (χ1) is 39.8. The van der Waals surface area contributed by atoms with Gasteiger partial charge >= 0.3 is 0 Å². The lowest BCUT2D eigenvalue weighted by Crippen LogP contribution is -2.11. The van der Waals surface area contributed by atoms with Crippen molar-refractivity contribution >= 4 is 0 Å². The Morgan fingerprint density at radius 1 is 0.188 bits per heavy atom. The van der Waals surface area contributed by atoms with E-state index in [2.05, 4.69) is 27.7 Å². The van der Waals surface area contributed by atoms with Gasteiger partial charge in [0.05, 0.1) is 0 Å². The molecule has 473 valence electrons. The van der Waals surface area contributed by atoms with Crippen LogP contribution in [0.15, 0.2) is 0 Å². The Kier molecular flexibility index (Phi) is 64.8. The molecule has 1 radical (unpaired) electrons. The van der Waals surface area contributed by atoms with Crippen LogP contribution in [0.2, 0.25) is 0 Å². The molecule has 2 heteroatoms. The highest BCUT2D eigenvalue weighted by molar-refractivity contribution is 5.27. The molecule has 0 saturated carbocycles. The summed E-state index contributed by atoms with van der Waals surface area (Å²) in [5, 5.41) is 0. The highest BCUT2D eigenvalue weighted by atomic mass is 14.9. The van der Waals surface area contributed by atoms with Crippen LogP contribution in [0.4, 0.5) is 0 Å². The van der Waals surface area contributed by atoms with Gasteiger partial charge in [-0.3, -0.25) is 0 Å². The van der Waals surface area contributed by atoms with Crippen LogP contribution in [0.1, 0.15) is 467 Å². The predicted molar refractivity (Wildman–Crippen MR) is 364 cm³/mol. The maximum atomic E-state index is 5.25. The van der Waals surface area contributed by atoms with Gasteiger partial charge in [-0.15, -0.1) is 0 Å². The van der Waals surface area contributed by atoms with Crippen molar-refractivity contribution in [3.05, 3.63) is 29.7 Å². The van der Waals surface area contributed by atoms with Crippen molar-refractivity contribution in [2.75, 3.05) is 0 Å². The average molecular weight is 1120 g/mol. The number of unbranched alkanes of at least 4 members (excludes halogenated alkanes) is 63. The van der Waals surface area contributed by atoms with Gasteiger partial charge in [0, 0.05) is 17.8 Å². The Hall–Kier alpha value is -0.920. The Bertz CT molecular complexity index is 1220. The SMILES string of the molecule is [CH2]Cc1nc(CCCCCCCCCCCCCCCCCCCCCCCC)c(CCCCCCCCCCCCCCCCCCCCCCCC)c(CCCCCCCCCCCCCCCCCCCCCCCC)n1. The Morgan fingerprint density at radius 3 is 0.475 bits per heavy atom. The topological polar surface area (TPSA) is 25.8 Å². The second kappa shape index (κ2) is 67.2. The summed E-state index contributed by atoms with van der Waals surface area (Å²) in [6.07, 6.45) is 99.6. The Morgan fingerprint density at radius 2 is 0.325 bits per heavy atom. The number of hydrogen-bond donors (Lipinski definition) is 0. The number of hydrogen-bond acceptors (Lipinski definition) is 2. The van der Waals surface area contributed by atoms with E-state index in [0.29, 0.717) is 0 Å². The summed E-state index contributed by atoms with van der Waals surface area (Å²) in [5.74, 6) is 1.01. The molecule has 1 heterocycles. The van der Waals surface area contributed by atoms with E-state index < -0.39 is 0 Å². The fraction of sp³-hybridized carbons (Fsp3) is 0.936. The number of rotatable bonds is 70. The number of aromatic nitrogens is 2. The van der Waals surface area contributed by atoms with Crippen molar-refractivity contribution in [3.8, 4) is 0 Å². The molecule has 0 unspecified atom stereocenters. The van der Waals surface area contributed by atoms with Crippen molar-refractivity contribution in [2.45, 2.75) is 470 Å². The fourth-order valence-electron chi connectivity index (χ4n) is 13.2. The van der Waals surface area contributed by atoms with E-state index in [0.717, 1.165) is 25.1 Å². The molecule has 0 saturated heterocycles. The van der Waals surface area contributed by atoms with Gasteiger partial charge in [0.15, 0.2) is 0 Å². The second-order valence-corrected chi connectivity index (χ2v) is 26.8. The summed E-state index contributed by atoms with van der Waals surface area (Å²) in [5.41, 5.74) is 4.37. The molecule has 0 amide bonds. The number of aryl methyl sites for hydroxylation is 2. The molecule has 0 bridgehead atoms. The van der Waals surface area contributed by atoms with E-state index in [1.807, 2.05) is 0 Å². The first-order valence-electron chi connectivity index (χ1n) is 38.4. The normalized spacial score (nSPS) is 11.8. The summed E-state index contributed by atoms with van der Waals surface area (Å²) >= 11 is 0. The summed E-state index contributed by atoms with van der Waals surface area (Å²) in [6, 6.07) is 0. The minimum Gasteiger partial charge on any atom is -0.238 e. The lowest BCUT2D eigenvalue weighted by Gasteiger charge is -2.16. The molecular formula is C78H151N2. The lowest BCUT2D eigenvalue weighted by atomic mass is 9.96. The zero-order valence-electron chi connectivity index (χ0n) is 56.1. The molecule has 1 aromatic rings. The van der Waals surface area contributed by atoms with E-state index in [-0.39, 0.29) is 0 Å². The van der Waals surface area contributed by atoms with E-state index in [1.165, 1.54) is 442 Å². The van der Waals surface area contributed by atoms with E-state index in [4.69, 9.17) is 9.97 Å². The van der Waals surface area contributed by atoms with Crippen LogP contribution in [-0.4, -0.2) is 9.97 Å². The van der Waals surface area contributed by atoms with Crippen LogP contribution >= 0.6 is 0 Å². The molecule has 0 aliphatic heterocycles. The summed E-state index contributed by atoms with van der Waals surface area (Å²) < 4.78 is 0. The van der Waals surface area contributed by atoms with Crippen molar-refractivity contribution in [2.24, 2.45) is 0 Å². The maximum absolute atomic E-state index is 5.25. The van der Waals surface area contributed by atoms with Crippen LogP contribution in [0.25, 0.3) is 0 Å². The first kappa shape index (κ1) is 77.1. The average Bonchev–Trinajstić information content (AvgIpc) is 3.49.